The van der Waals surface area contributed by atoms with E-state index in [1.165, 1.54) is 0 Å². The number of benzene rings is 2. The highest BCUT2D eigenvalue weighted by atomic mass is 16.5. The van der Waals surface area contributed by atoms with Gasteiger partial charge in [0, 0.05) is 36.6 Å². The van der Waals surface area contributed by atoms with Crippen LogP contribution >= 0.6 is 0 Å². The minimum atomic E-state index is -0.142. The van der Waals surface area contributed by atoms with Gasteiger partial charge >= 0.3 is 0 Å². The number of nitrogens with one attached hydrogen (secondary N) is 3. The molecule has 1 heterocycles. The molecular weight excluding hydrogens is 390 g/mol. The monoisotopic (exact) mass is 417 g/mol. The molecule has 0 fully saturated rings. The molecule has 0 aliphatic rings. The van der Waals surface area contributed by atoms with Crippen molar-refractivity contribution < 1.29 is 9.53 Å². The van der Waals surface area contributed by atoms with Gasteiger partial charge < -0.3 is 20.7 Å². The van der Waals surface area contributed by atoms with Gasteiger partial charge in [-0.05, 0) is 55.3 Å². The Morgan fingerprint density at radius 3 is 2.55 bits per heavy atom. The molecule has 0 atom stereocenters. The van der Waals surface area contributed by atoms with E-state index in [4.69, 9.17) is 4.74 Å². The zero-order chi connectivity index (χ0) is 22.1. The number of ether oxygens (including phenoxy) is 1. The first-order valence-electron chi connectivity index (χ1n) is 10.1. The predicted octanol–water partition coefficient (Wildman–Crippen LogP) is 4.09. The van der Waals surface area contributed by atoms with E-state index in [2.05, 4.69) is 25.9 Å². The molecule has 7 nitrogen and oxygen atoms in total. The van der Waals surface area contributed by atoms with Crippen LogP contribution in [0.1, 0.15) is 16.8 Å². The predicted molar refractivity (Wildman–Crippen MR) is 125 cm³/mol. The van der Waals surface area contributed by atoms with E-state index in [0.717, 1.165) is 28.3 Å². The van der Waals surface area contributed by atoms with Gasteiger partial charge in [0.1, 0.15) is 11.6 Å². The fourth-order valence-corrected chi connectivity index (χ4v) is 2.89. The van der Waals surface area contributed by atoms with Crippen LogP contribution in [0, 0.1) is 13.8 Å². The van der Waals surface area contributed by atoms with Crippen LogP contribution in [0.5, 0.6) is 5.75 Å². The van der Waals surface area contributed by atoms with Gasteiger partial charge in [0.2, 0.25) is 11.9 Å². The number of amides is 1. The van der Waals surface area contributed by atoms with Crippen molar-refractivity contribution in [1.29, 1.82) is 0 Å². The first-order valence-corrected chi connectivity index (χ1v) is 10.1. The summed E-state index contributed by atoms with van der Waals surface area (Å²) < 4.78 is 5.17. The van der Waals surface area contributed by atoms with E-state index >= 15 is 0 Å². The lowest BCUT2D eigenvalue weighted by Crippen LogP contribution is -2.27. The molecule has 2 aromatic carbocycles. The molecule has 0 spiro atoms. The molecule has 7 heteroatoms. The molecule has 1 aromatic heterocycles. The van der Waals surface area contributed by atoms with Crippen molar-refractivity contribution >= 4 is 29.4 Å². The summed E-state index contributed by atoms with van der Waals surface area (Å²) in [5.74, 6) is 1.84. The molecule has 3 aromatic rings. The van der Waals surface area contributed by atoms with E-state index in [1.807, 2.05) is 74.5 Å². The summed E-state index contributed by atoms with van der Waals surface area (Å²) in [4.78, 5) is 20.9. The number of rotatable bonds is 9. The van der Waals surface area contributed by atoms with E-state index in [0.29, 0.717) is 24.9 Å². The Morgan fingerprint density at radius 1 is 1.03 bits per heavy atom. The highest BCUT2D eigenvalue weighted by Gasteiger charge is 2.04. The number of aryl methyl sites for hydroxylation is 2. The summed E-state index contributed by atoms with van der Waals surface area (Å²) in [6, 6.07) is 17.4. The van der Waals surface area contributed by atoms with Crippen molar-refractivity contribution in [1.82, 2.24) is 15.3 Å². The maximum atomic E-state index is 12.0. The van der Waals surface area contributed by atoms with Crippen molar-refractivity contribution in [3.63, 3.8) is 0 Å². The number of hydrogen-bond acceptors (Lipinski definition) is 6. The van der Waals surface area contributed by atoms with Crippen LogP contribution in [0.3, 0.4) is 0 Å². The molecule has 31 heavy (non-hydrogen) atoms. The quantitative estimate of drug-likeness (QED) is 0.359. The summed E-state index contributed by atoms with van der Waals surface area (Å²) in [6.45, 7) is 4.89. The molecule has 0 aliphatic heterocycles. The third kappa shape index (κ3) is 6.85. The topological polar surface area (TPSA) is 88.2 Å². The fourth-order valence-electron chi connectivity index (χ4n) is 2.89. The van der Waals surface area contributed by atoms with Crippen molar-refractivity contribution in [2.24, 2.45) is 0 Å². The van der Waals surface area contributed by atoms with Crippen LogP contribution in [0.2, 0.25) is 0 Å². The molecule has 3 rings (SSSR count). The maximum absolute atomic E-state index is 12.0. The van der Waals surface area contributed by atoms with Gasteiger partial charge in [-0.15, -0.1) is 0 Å². The van der Waals surface area contributed by atoms with Gasteiger partial charge in [0.05, 0.1) is 7.11 Å². The summed E-state index contributed by atoms with van der Waals surface area (Å²) in [5.41, 5.74) is 3.89. The molecule has 0 saturated heterocycles. The Kier molecular flexibility index (Phi) is 7.59. The lowest BCUT2D eigenvalue weighted by Gasteiger charge is -2.10. The number of hydrogen-bond donors (Lipinski definition) is 3. The number of carbonyl (C=O) groups is 1. The Balaban J connectivity index is 1.48. The first-order chi connectivity index (χ1) is 15.0. The minimum absolute atomic E-state index is 0.142. The zero-order valence-corrected chi connectivity index (χ0v) is 18.0. The van der Waals surface area contributed by atoms with Crippen LogP contribution in [0.15, 0.2) is 60.7 Å². The van der Waals surface area contributed by atoms with Crippen molar-refractivity contribution in [2.45, 2.75) is 13.8 Å². The average molecular weight is 418 g/mol. The second-order valence-electron chi connectivity index (χ2n) is 6.98. The molecule has 1 amide bonds. The lowest BCUT2D eigenvalue weighted by molar-refractivity contribution is -0.116. The van der Waals surface area contributed by atoms with Crippen molar-refractivity contribution in [2.75, 3.05) is 30.8 Å². The number of carbonyl (C=O) groups excluding carboxylic acids is 1. The Bertz CT molecular complexity index is 1050. The highest BCUT2D eigenvalue weighted by Crippen LogP contribution is 2.19. The standard InChI is InChI=1S/C24H27N5O2/c1-17-6-4-5-7-19(17)8-13-23(30)25-14-15-26-24-27-18(2)16-22(29-24)28-20-9-11-21(31-3)12-10-20/h4-13,16H,14-15H2,1-3H3,(H,25,30)(H2,26,27,28,29)/b13-8+. The summed E-state index contributed by atoms with van der Waals surface area (Å²) in [7, 11) is 1.64. The van der Waals surface area contributed by atoms with Crippen molar-refractivity contribution in [3.8, 4) is 5.75 Å². The van der Waals surface area contributed by atoms with Crippen LogP contribution in [0.4, 0.5) is 17.5 Å². The van der Waals surface area contributed by atoms with Crippen LogP contribution in [-0.2, 0) is 4.79 Å². The normalized spacial score (nSPS) is 10.7. The third-order valence-corrected chi connectivity index (χ3v) is 4.53. The smallest absolute Gasteiger partial charge is 0.244 e. The largest absolute Gasteiger partial charge is 0.497 e. The third-order valence-electron chi connectivity index (χ3n) is 4.53. The van der Waals surface area contributed by atoms with Gasteiger partial charge in [0.15, 0.2) is 0 Å². The first kappa shape index (κ1) is 21.8. The van der Waals surface area contributed by atoms with Gasteiger partial charge in [-0.1, -0.05) is 24.3 Å². The lowest BCUT2D eigenvalue weighted by atomic mass is 10.1. The summed E-state index contributed by atoms with van der Waals surface area (Å²) in [5, 5.41) is 9.25. The molecule has 0 bridgehead atoms. The highest BCUT2D eigenvalue weighted by molar-refractivity contribution is 5.91. The average Bonchev–Trinajstić information content (AvgIpc) is 2.76. The molecule has 160 valence electrons. The molecule has 0 aliphatic carbocycles. The Labute approximate surface area is 182 Å². The second-order valence-corrected chi connectivity index (χ2v) is 6.98. The fraction of sp³-hybridized carbons (Fsp3) is 0.208. The number of methoxy groups -OCH3 is 1. The molecule has 0 radical (unpaired) electrons. The molecule has 0 saturated carbocycles. The number of nitrogens with zero attached hydrogens (tertiary/aromatic N) is 2. The van der Waals surface area contributed by atoms with Gasteiger partial charge in [-0.25, -0.2) is 4.98 Å². The van der Waals surface area contributed by atoms with Gasteiger partial charge in [-0.3, -0.25) is 4.79 Å². The summed E-state index contributed by atoms with van der Waals surface area (Å²) >= 11 is 0. The van der Waals surface area contributed by atoms with Crippen molar-refractivity contribution in [3.05, 3.63) is 77.5 Å². The SMILES string of the molecule is COc1ccc(Nc2cc(C)nc(NCCNC(=O)/C=C/c3ccccc3C)n2)cc1. The zero-order valence-electron chi connectivity index (χ0n) is 18.0. The Hall–Kier alpha value is -3.87. The number of anilines is 3. The maximum Gasteiger partial charge on any atom is 0.244 e. The summed E-state index contributed by atoms with van der Waals surface area (Å²) in [6.07, 6.45) is 3.36. The van der Waals surface area contributed by atoms with Crippen LogP contribution < -0.4 is 20.7 Å². The van der Waals surface area contributed by atoms with Gasteiger partial charge in [-0.2, -0.15) is 4.98 Å². The van der Waals surface area contributed by atoms with E-state index < -0.39 is 0 Å². The number of aromatic nitrogens is 2. The second kappa shape index (κ2) is 10.8. The molecular formula is C24H27N5O2. The molecule has 3 N–H and O–H groups in total. The van der Waals surface area contributed by atoms with E-state index in [1.54, 1.807) is 13.2 Å². The van der Waals surface area contributed by atoms with Crippen LogP contribution in [-0.4, -0.2) is 36.1 Å². The molecule has 0 unspecified atom stereocenters. The van der Waals surface area contributed by atoms with E-state index in [9.17, 15) is 4.79 Å². The van der Waals surface area contributed by atoms with Gasteiger partial charge in [0.25, 0.3) is 0 Å². The minimum Gasteiger partial charge on any atom is -0.497 e. The van der Waals surface area contributed by atoms with E-state index in [-0.39, 0.29) is 5.91 Å². The van der Waals surface area contributed by atoms with Crippen LogP contribution in [0.25, 0.3) is 6.08 Å². The Morgan fingerprint density at radius 2 is 1.81 bits per heavy atom.